The third kappa shape index (κ3) is 4.80. The van der Waals surface area contributed by atoms with E-state index in [0.717, 1.165) is 45.2 Å². The molecule has 1 fully saturated rings. The normalized spacial score (nSPS) is 18.0. The van der Waals surface area contributed by atoms with E-state index in [1.807, 2.05) is 12.1 Å². The molecule has 0 amide bonds. The zero-order valence-corrected chi connectivity index (χ0v) is 13.8. The molecule has 4 nitrogen and oxygen atoms in total. The number of rotatable bonds is 6. The number of hydrogen-bond acceptors (Lipinski definition) is 3. The van der Waals surface area contributed by atoms with E-state index in [1.165, 1.54) is 5.56 Å². The molecule has 0 saturated carbocycles. The van der Waals surface area contributed by atoms with Crippen LogP contribution in [0.25, 0.3) is 0 Å². The molecule has 1 aliphatic heterocycles. The van der Waals surface area contributed by atoms with Crippen LogP contribution in [0.15, 0.2) is 29.2 Å². The molecule has 1 aromatic carbocycles. The van der Waals surface area contributed by atoms with Crippen LogP contribution in [0.1, 0.15) is 38.2 Å². The molecule has 1 aliphatic rings. The maximum atomic E-state index is 12.4. The summed E-state index contributed by atoms with van der Waals surface area (Å²) in [6.45, 7) is 4.05. The van der Waals surface area contributed by atoms with Crippen LogP contribution in [0.2, 0.25) is 0 Å². The summed E-state index contributed by atoms with van der Waals surface area (Å²) < 4.78 is 27.6. The van der Waals surface area contributed by atoms with Gasteiger partial charge in [-0.25, -0.2) is 13.1 Å². The third-order valence-corrected chi connectivity index (χ3v) is 5.63. The minimum absolute atomic E-state index is 0.0611. The van der Waals surface area contributed by atoms with Gasteiger partial charge in [0.15, 0.2) is 0 Å². The fourth-order valence-corrected chi connectivity index (χ4v) is 3.94. The Morgan fingerprint density at radius 1 is 1.19 bits per heavy atom. The van der Waals surface area contributed by atoms with E-state index >= 15 is 0 Å². The first kappa shape index (κ1) is 16.5. The Labute approximate surface area is 128 Å². The molecule has 1 saturated heterocycles. The molecule has 0 atom stereocenters. The summed E-state index contributed by atoms with van der Waals surface area (Å²) in [7, 11) is -1.31. The summed E-state index contributed by atoms with van der Waals surface area (Å²) in [5.74, 6) is 0. The van der Waals surface area contributed by atoms with Gasteiger partial charge in [0.1, 0.15) is 0 Å². The monoisotopic (exact) mass is 310 g/mol. The van der Waals surface area contributed by atoms with Crippen molar-refractivity contribution >= 4 is 10.0 Å². The molecule has 0 spiro atoms. The van der Waals surface area contributed by atoms with E-state index < -0.39 is 10.0 Å². The minimum Gasteiger partial charge on any atom is -0.306 e. The largest absolute Gasteiger partial charge is 0.306 e. The lowest BCUT2D eigenvalue weighted by atomic mass is 10.1. The zero-order chi connectivity index (χ0) is 15.3. The van der Waals surface area contributed by atoms with Crippen molar-refractivity contribution in [1.29, 1.82) is 0 Å². The van der Waals surface area contributed by atoms with Gasteiger partial charge in [0.25, 0.3) is 0 Å². The molecular weight excluding hydrogens is 284 g/mol. The summed E-state index contributed by atoms with van der Waals surface area (Å²) in [5, 5.41) is 0. The lowest BCUT2D eigenvalue weighted by Gasteiger charge is -2.29. The number of sulfonamides is 1. The van der Waals surface area contributed by atoms with Crippen LogP contribution in [-0.2, 0) is 16.4 Å². The van der Waals surface area contributed by atoms with Crippen LogP contribution in [0, 0.1) is 0 Å². The second-order valence-corrected chi connectivity index (χ2v) is 7.66. The van der Waals surface area contributed by atoms with Crippen LogP contribution < -0.4 is 4.72 Å². The predicted molar refractivity (Wildman–Crippen MR) is 85.9 cm³/mol. The number of nitrogens with zero attached hydrogens (tertiary/aromatic N) is 1. The van der Waals surface area contributed by atoms with Crippen molar-refractivity contribution in [2.75, 3.05) is 20.1 Å². The van der Waals surface area contributed by atoms with E-state index in [9.17, 15) is 8.42 Å². The molecular formula is C16H26N2O2S. The average Bonchev–Trinajstić information content (AvgIpc) is 2.48. The maximum absolute atomic E-state index is 12.4. The maximum Gasteiger partial charge on any atom is 0.240 e. The Balaban J connectivity index is 1.98. The number of likely N-dealkylation sites (tertiary alicyclic amines) is 1. The van der Waals surface area contributed by atoms with Gasteiger partial charge < -0.3 is 4.90 Å². The van der Waals surface area contributed by atoms with E-state index in [1.54, 1.807) is 12.1 Å². The summed E-state index contributed by atoms with van der Waals surface area (Å²) in [6, 6.07) is 7.37. The van der Waals surface area contributed by atoms with Crippen LogP contribution in [-0.4, -0.2) is 39.5 Å². The van der Waals surface area contributed by atoms with E-state index in [2.05, 4.69) is 23.6 Å². The van der Waals surface area contributed by atoms with Crippen molar-refractivity contribution in [2.45, 2.75) is 50.0 Å². The van der Waals surface area contributed by atoms with Gasteiger partial charge in [-0.2, -0.15) is 0 Å². The molecule has 0 aromatic heterocycles. The van der Waals surface area contributed by atoms with Crippen LogP contribution in [0.4, 0.5) is 0 Å². The number of piperidine rings is 1. The Hall–Kier alpha value is -0.910. The number of benzene rings is 1. The highest BCUT2D eigenvalue weighted by atomic mass is 32.2. The van der Waals surface area contributed by atoms with Gasteiger partial charge in [-0.05, 0) is 63.5 Å². The van der Waals surface area contributed by atoms with Crippen molar-refractivity contribution in [3.63, 3.8) is 0 Å². The number of aryl methyl sites for hydroxylation is 1. The second-order valence-electron chi connectivity index (χ2n) is 5.95. The minimum atomic E-state index is -3.38. The van der Waals surface area contributed by atoms with Crippen LogP contribution in [0.3, 0.4) is 0 Å². The second kappa shape index (κ2) is 7.38. The highest BCUT2D eigenvalue weighted by molar-refractivity contribution is 7.89. The average molecular weight is 310 g/mol. The van der Waals surface area contributed by atoms with Gasteiger partial charge in [0.2, 0.25) is 10.0 Å². The molecule has 0 aliphatic carbocycles. The van der Waals surface area contributed by atoms with Crippen molar-refractivity contribution in [3.8, 4) is 0 Å². The van der Waals surface area contributed by atoms with E-state index in [0.29, 0.717) is 4.90 Å². The highest BCUT2D eigenvalue weighted by Gasteiger charge is 2.23. The molecule has 2 rings (SSSR count). The molecule has 1 N–H and O–H groups in total. The quantitative estimate of drug-likeness (QED) is 0.878. The Kier molecular flexibility index (Phi) is 5.79. The van der Waals surface area contributed by atoms with E-state index in [4.69, 9.17) is 0 Å². The number of hydrogen-bond donors (Lipinski definition) is 1. The van der Waals surface area contributed by atoms with Gasteiger partial charge in [-0.15, -0.1) is 0 Å². The number of nitrogens with one attached hydrogen (secondary N) is 1. The number of unbranched alkanes of at least 4 members (excludes halogenated alkanes) is 1. The third-order valence-electron chi connectivity index (χ3n) is 4.09. The molecule has 21 heavy (non-hydrogen) atoms. The predicted octanol–water partition coefficient (Wildman–Crippen LogP) is 2.40. The molecule has 1 heterocycles. The first-order valence-electron chi connectivity index (χ1n) is 7.81. The zero-order valence-electron chi connectivity index (χ0n) is 13.0. The van der Waals surface area contributed by atoms with Crippen molar-refractivity contribution in [3.05, 3.63) is 29.8 Å². The molecule has 5 heteroatoms. The fourth-order valence-electron chi connectivity index (χ4n) is 2.63. The van der Waals surface area contributed by atoms with Gasteiger partial charge in [-0.1, -0.05) is 25.5 Å². The highest BCUT2D eigenvalue weighted by Crippen LogP contribution is 2.16. The fraction of sp³-hybridized carbons (Fsp3) is 0.625. The van der Waals surface area contributed by atoms with Gasteiger partial charge in [-0.3, -0.25) is 0 Å². The SMILES string of the molecule is CCCCc1ccc(S(=O)(=O)NC2CCN(C)CC2)cc1. The lowest BCUT2D eigenvalue weighted by molar-refractivity contribution is 0.248. The van der Waals surface area contributed by atoms with Crippen LogP contribution in [0.5, 0.6) is 0 Å². The summed E-state index contributed by atoms with van der Waals surface area (Å²) in [6.07, 6.45) is 5.06. The first-order chi connectivity index (χ1) is 10.0. The smallest absolute Gasteiger partial charge is 0.240 e. The van der Waals surface area contributed by atoms with Crippen molar-refractivity contribution in [2.24, 2.45) is 0 Å². The topological polar surface area (TPSA) is 49.4 Å². The summed E-state index contributed by atoms with van der Waals surface area (Å²) in [4.78, 5) is 2.61. The Bertz CT molecular complexity index is 532. The summed E-state index contributed by atoms with van der Waals surface area (Å²) >= 11 is 0. The Morgan fingerprint density at radius 2 is 1.81 bits per heavy atom. The van der Waals surface area contributed by atoms with Gasteiger partial charge >= 0.3 is 0 Å². The standard InChI is InChI=1S/C16H26N2O2S/c1-3-4-5-14-6-8-16(9-7-14)21(19,20)17-15-10-12-18(2)13-11-15/h6-9,15,17H,3-5,10-13H2,1-2H3. The van der Waals surface area contributed by atoms with Crippen molar-refractivity contribution in [1.82, 2.24) is 9.62 Å². The van der Waals surface area contributed by atoms with Crippen LogP contribution >= 0.6 is 0 Å². The molecule has 1 aromatic rings. The van der Waals surface area contributed by atoms with E-state index in [-0.39, 0.29) is 6.04 Å². The molecule has 0 radical (unpaired) electrons. The molecule has 0 unspecified atom stereocenters. The summed E-state index contributed by atoms with van der Waals surface area (Å²) in [5.41, 5.74) is 1.20. The van der Waals surface area contributed by atoms with Gasteiger partial charge in [0.05, 0.1) is 4.90 Å². The molecule has 118 valence electrons. The first-order valence-corrected chi connectivity index (χ1v) is 9.29. The van der Waals surface area contributed by atoms with Crippen molar-refractivity contribution < 1.29 is 8.42 Å². The van der Waals surface area contributed by atoms with Gasteiger partial charge in [0, 0.05) is 6.04 Å². The molecule has 0 bridgehead atoms. The lowest BCUT2D eigenvalue weighted by Crippen LogP contribution is -2.43. The Morgan fingerprint density at radius 3 is 2.38 bits per heavy atom.